The summed E-state index contributed by atoms with van der Waals surface area (Å²) in [5, 5.41) is 10.6. The van der Waals surface area contributed by atoms with E-state index >= 15 is 0 Å². The number of hydrogen-bond acceptors (Lipinski definition) is 4. The van der Waals surface area contributed by atoms with Gasteiger partial charge in [-0.2, -0.15) is 0 Å². The van der Waals surface area contributed by atoms with Crippen molar-refractivity contribution in [3.8, 4) is 0 Å². The van der Waals surface area contributed by atoms with E-state index in [2.05, 4.69) is 26.0 Å². The number of rotatable bonds is 3. The van der Waals surface area contributed by atoms with E-state index in [9.17, 15) is 14.7 Å². The number of allylic oxidation sites excluding steroid dienone is 2. The molecule has 1 N–H and O–H groups in total. The van der Waals surface area contributed by atoms with Crippen LogP contribution in [0.3, 0.4) is 0 Å². The highest BCUT2D eigenvalue weighted by atomic mass is 16.5. The summed E-state index contributed by atoms with van der Waals surface area (Å²) in [6.07, 6.45) is 9.90. The molecule has 1 unspecified atom stereocenters. The smallest absolute Gasteiger partial charge is 0.302 e. The highest BCUT2D eigenvalue weighted by Crippen LogP contribution is 2.35. The maximum atomic E-state index is 12.0. The maximum Gasteiger partial charge on any atom is 0.302 e. The normalized spacial score (nSPS) is 37.5. The number of carbonyl (C=O) groups excluding carboxylic acids is 2. The molecular formula is C22H36O4. The lowest BCUT2D eigenvalue weighted by molar-refractivity contribution is -0.154. The van der Waals surface area contributed by atoms with Crippen LogP contribution in [0.25, 0.3) is 0 Å². The minimum atomic E-state index is -0.846. The van der Waals surface area contributed by atoms with Gasteiger partial charge >= 0.3 is 5.97 Å². The van der Waals surface area contributed by atoms with Gasteiger partial charge in [-0.1, -0.05) is 37.6 Å². The second kappa shape index (κ2) is 9.50. The average molecular weight is 365 g/mol. The summed E-state index contributed by atoms with van der Waals surface area (Å²) in [5.74, 6) is 0.298. The second-order valence-corrected chi connectivity index (χ2v) is 8.68. The summed E-state index contributed by atoms with van der Waals surface area (Å²) in [5.41, 5.74) is -0.497. The molecule has 0 heterocycles. The van der Waals surface area contributed by atoms with E-state index < -0.39 is 17.1 Å². The molecule has 0 amide bonds. The third kappa shape index (κ3) is 7.06. The number of ether oxygens (including phenoxy) is 1. The molecule has 1 aliphatic carbocycles. The fourth-order valence-electron chi connectivity index (χ4n) is 3.44. The Morgan fingerprint density at radius 3 is 2.54 bits per heavy atom. The first-order valence-electron chi connectivity index (χ1n) is 9.70. The van der Waals surface area contributed by atoms with Crippen LogP contribution in [0.2, 0.25) is 0 Å². The predicted molar refractivity (Wildman–Crippen MR) is 105 cm³/mol. The highest BCUT2D eigenvalue weighted by Gasteiger charge is 2.37. The SMILES string of the molecule is CC(=O)OC1C/C(C)=C/CC[C@@](C)(O)/C=C/[C@H](C(C)C)CC[C@]1(C)C=O. The van der Waals surface area contributed by atoms with E-state index in [1.807, 2.05) is 26.8 Å². The molecule has 0 saturated heterocycles. The van der Waals surface area contributed by atoms with Gasteiger partial charge in [-0.25, -0.2) is 0 Å². The van der Waals surface area contributed by atoms with Crippen molar-refractivity contribution in [2.45, 2.75) is 85.4 Å². The molecule has 4 heteroatoms. The van der Waals surface area contributed by atoms with Crippen molar-refractivity contribution in [1.29, 1.82) is 0 Å². The zero-order chi connectivity index (χ0) is 20.0. The third-order valence-corrected chi connectivity index (χ3v) is 5.54. The Morgan fingerprint density at radius 1 is 1.35 bits per heavy atom. The molecule has 1 aliphatic rings. The summed E-state index contributed by atoms with van der Waals surface area (Å²) in [7, 11) is 0. The lowest BCUT2D eigenvalue weighted by atomic mass is 9.75. The lowest BCUT2D eigenvalue weighted by Crippen LogP contribution is -2.38. The van der Waals surface area contributed by atoms with E-state index in [1.165, 1.54) is 6.92 Å². The zero-order valence-corrected chi connectivity index (χ0v) is 17.2. The summed E-state index contributed by atoms with van der Waals surface area (Å²) >= 11 is 0. The van der Waals surface area contributed by atoms with Crippen LogP contribution in [-0.4, -0.2) is 29.1 Å². The van der Waals surface area contributed by atoms with Crippen LogP contribution in [-0.2, 0) is 14.3 Å². The van der Waals surface area contributed by atoms with Gasteiger partial charge in [0.05, 0.1) is 11.0 Å². The van der Waals surface area contributed by atoms with Crippen molar-refractivity contribution in [2.75, 3.05) is 0 Å². The van der Waals surface area contributed by atoms with E-state index in [-0.39, 0.29) is 11.9 Å². The molecule has 1 rings (SSSR count). The molecule has 0 aromatic carbocycles. The van der Waals surface area contributed by atoms with Gasteiger partial charge in [0, 0.05) is 13.3 Å². The van der Waals surface area contributed by atoms with E-state index in [0.717, 1.165) is 24.7 Å². The Kier molecular flexibility index (Phi) is 8.26. The number of carbonyl (C=O) groups is 2. The molecule has 26 heavy (non-hydrogen) atoms. The van der Waals surface area contributed by atoms with Crippen molar-refractivity contribution in [2.24, 2.45) is 17.3 Å². The number of hydrogen-bond donors (Lipinski definition) is 1. The molecule has 0 bridgehead atoms. The maximum absolute atomic E-state index is 12.0. The largest absolute Gasteiger partial charge is 0.461 e. The molecule has 4 nitrogen and oxygen atoms in total. The molecule has 0 aromatic rings. The van der Waals surface area contributed by atoms with Crippen molar-refractivity contribution in [3.63, 3.8) is 0 Å². The van der Waals surface area contributed by atoms with Gasteiger partial charge in [0.1, 0.15) is 12.4 Å². The van der Waals surface area contributed by atoms with Crippen LogP contribution in [0, 0.1) is 17.3 Å². The topological polar surface area (TPSA) is 63.6 Å². The van der Waals surface area contributed by atoms with Gasteiger partial charge in [-0.3, -0.25) is 4.79 Å². The van der Waals surface area contributed by atoms with E-state index in [0.29, 0.717) is 25.2 Å². The third-order valence-electron chi connectivity index (χ3n) is 5.54. The zero-order valence-electron chi connectivity index (χ0n) is 17.2. The van der Waals surface area contributed by atoms with Gasteiger partial charge in [0.25, 0.3) is 0 Å². The predicted octanol–water partition coefficient (Wildman–Crippen LogP) is 4.61. The van der Waals surface area contributed by atoms with Crippen LogP contribution in [0.5, 0.6) is 0 Å². The van der Waals surface area contributed by atoms with Crippen molar-refractivity contribution >= 4 is 12.3 Å². The molecule has 0 fully saturated rings. The Labute approximate surface area is 158 Å². The molecule has 0 aliphatic heterocycles. The van der Waals surface area contributed by atoms with Crippen molar-refractivity contribution < 1.29 is 19.4 Å². The number of aldehydes is 1. The Balaban J connectivity index is 3.22. The standard InChI is InChI=1S/C22H36O4/c1-16(2)19-9-12-21(5,15-23)20(26-18(4)24)14-17(3)8-7-11-22(6,25)13-10-19/h8,10,13,15-16,19-20,25H,7,9,11-12,14H2,1-6H3/b13-10+,17-8+/t19-,20?,21-,22-/m1/s1. The van der Waals surface area contributed by atoms with Gasteiger partial charge in [0.2, 0.25) is 0 Å². The van der Waals surface area contributed by atoms with Crippen LogP contribution < -0.4 is 0 Å². The highest BCUT2D eigenvalue weighted by molar-refractivity contribution is 5.68. The second-order valence-electron chi connectivity index (χ2n) is 8.68. The summed E-state index contributed by atoms with van der Waals surface area (Å²) in [6, 6.07) is 0. The summed E-state index contributed by atoms with van der Waals surface area (Å²) in [4.78, 5) is 23.6. The quantitative estimate of drug-likeness (QED) is 0.451. The van der Waals surface area contributed by atoms with E-state index in [1.54, 1.807) is 0 Å². The molecule has 0 aromatic heterocycles. The van der Waals surface area contributed by atoms with Crippen molar-refractivity contribution in [3.05, 3.63) is 23.8 Å². The lowest BCUT2D eigenvalue weighted by Gasteiger charge is -2.34. The molecular weight excluding hydrogens is 328 g/mol. The molecule has 148 valence electrons. The first-order valence-corrected chi connectivity index (χ1v) is 9.70. The number of aliphatic hydroxyl groups is 1. The first kappa shape index (κ1) is 22.6. The van der Waals surface area contributed by atoms with Gasteiger partial charge < -0.3 is 14.6 Å². The van der Waals surface area contributed by atoms with E-state index in [4.69, 9.17) is 4.74 Å². The Hall–Kier alpha value is -1.42. The molecule has 0 spiro atoms. The van der Waals surface area contributed by atoms with Gasteiger partial charge in [0.15, 0.2) is 0 Å². The molecule has 0 saturated carbocycles. The van der Waals surface area contributed by atoms with Gasteiger partial charge in [-0.15, -0.1) is 0 Å². The number of esters is 1. The first-order chi connectivity index (χ1) is 12.0. The fourth-order valence-corrected chi connectivity index (χ4v) is 3.44. The summed E-state index contributed by atoms with van der Waals surface area (Å²) < 4.78 is 5.56. The molecule has 4 atom stereocenters. The summed E-state index contributed by atoms with van der Waals surface area (Å²) in [6.45, 7) is 11.4. The minimum absolute atomic E-state index is 0.258. The monoisotopic (exact) mass is 364 g/mol. The molecule has 0 radical (unpaired) electrons. The van der Waals surface area contributed by atoms with Crippen molar-refractivity contribution in [1.82, 2.24) is 0 Å². The van der Waals surface area contributed by atoms with Crippen LogP contribution in [0.4, 0.5) is 0 Å². The Morgan fingerprint density at radius 2 is 2.00 bits per heavy atom. The Bertz CT molecular complexity index is 544. The van der Waals surface area contributed by atoms with Crippen LogP contribution in [0.1, 0.15) is 73.6 Å². The average Bonchev–Trinajstić information content (AvgIpc) is 2.52. The van der Waals surface area contributed by atoms with Crippen LogP contribution >= 0.6 is 0 Å². The van der Waals surface area contributed by atoms with Crippen LogP contribution in [0.15, 0.2) is 23.8 Å². The fraction of sp³-hybridized carbons (Fsp3) is 0.727. The minimum Gasteiger partial charge on any atom is -0.461 e. The van der Waals surface area contributed by atoms with Gasteiger partial charge in [-0.05, 0) is 58.3 Å².